The molecule has 0 aliphatic carbocycles. The van der Waals surface area contributed by atoms with E-state index in [-0.39, 0.29) is 18.6 Å². The van der Waals surface area contributed by atoms with Gasteiger partial charge in [0.25, 0.3) is 0 Å². The Balaban J connectivity index is 2.36. The number of hydrogen-bond donors (Lipinski definition) is 2. The largest absolute Gasteiger partial charge is 0.396 e. The number of rotatable bonds is 7. The van der Waals surface area contributed by atoms with Gasteiger partial charge >= 0.3 is 6.03 Å². The number of aliphatic hydroxyl groups is 1. The van der Waals surface area contributed by atoms with Gasteiger partial charge in [0.2, 0.25) is 0 Å². The molecule has 0 saturated carbocycles. The number of aromatic nitrogens is 1. The van der Waals surface area contributed by atoms with Crippen molar-refractivity contribution in [2.24, 2.45) is 5.92 Å². The molecule has 0 radical (unpaired) electrons. The maximum atomic E-state index is 11.9. The molecule has 0 unspecified atom stereocenters. The van der Waals surface area contributed by atoms with Crippen LogP contribution in [-0.4, -0.2) is 41.2 Å². The highest BCUT2D eigenvalue weighted by Crippen LogP contribution is 2.04. The normalized spacial score (nSPS) is 12.0. The van der Waals surface area contributed by atoms with E-state index < -0.39 is 0 Å². The highest BCUT2D eigenvalue weighted by molar-refractivity contribution is 5.73. The van der Waals surface area contributed by atoms with Gasteiger partial charge < -0.3 is 15.3 Å². The SMILES string of the molecule is CCc1ccc(CN(C)C(=O)NCC[C@@H](C)CO)nc1. The number of amides is 2. The second-order valence-electron chi connectivity index (χ2n) is 5.18. The van der Waals surface area contributed by atoms with Crippen molar-refractivity contribution in [1.29, 1.82) is 0 Å². The summed E-state index contributed by atoms with van der Waals surface area (Å²) in [5.41, 5.74) is 2.07. The van der Waals surface area contributed by atoms with E-state index >= 15 is 0 Å². The zero-order chi connectivity index (χ0) is 15.0. The highest BCUT2D eigenvalue weighted by Gasteiger charge is 2.09. The van der Waals surface area contributed by atoms with Crippen molar-refractivity contribution < 1.29 is 9.90 Å². The van der Waals surface area contributed by atoms with Crippen molar-refractivity contribution in [3.05, 3.63) is 29.6 Å². The third-order valence-electron chi connectivity index (χ3n) is 3.27. The molecule has 0 bridgehead atoms. The predicted octanol–water partition coefficient (Wildman–Crippen LogP) is 1.80. The number of aliphatic hydroxyl groups excluding tert-OH is 1. The van der Waals surface area contributed by atoms with Crippen LogP contribution in [0.1, 0.15) is 31.5 Å². The number of urea groups is 1. The number of pyridine rings is 1. The summed E-state index contributed by atoms with van der Waals surface area (Å²) in [4.78, 5) is 17.8. The molecule has 1 aromatic rings. The Hall–Kier alpha value is -1.62. The molecule has 1 atom stereocenters. The van der Waals surface area contributed by atoms with E-state index in [1.807, 2.05) is 25.3 Å². The number of aryl methyl sites for hydroxylation is 1. The molecule has 2 N–H and O–H groups in total. The van der Waals surface area contributed by atoms with E-state index in [0.717, 1.165) is 18.5 Å². The van der Waals surface area contributed by atoms with Crippen LogP contribution in [0, 0.1) is 5.92 Å². The lowest BCUT2D eigenvalue weighted by Gasteiger charge is -2.18. The summed E-state index contributed by atoms with van der Waals surface area (Å²) in [6.45, 7) is 5.26. The summed E-state index contributed by atoms with van der Waals surface area (Å²) in [7, 11) is 1.75. The second kappa shape index (κ2) is 8.53. The monoisotopic (exact) mass is 279 g/mol. The zero-order valence-corrected chi connectivity index (χ0v) is 12.6. The zero-order valence-electron chi connectivity index (χ0n) is 12.6. The fraction of sp³-hybridized carbons (Fsp3) is 0.600. The van der Waals surface area contributed by atoms with Crippen molar-refractivity contribution in [3.8, 4) is 0 Å². The molecule has 1 aromatic heterocycles. The summed E-state index contributed by atoms with van der Waals surface area (Å²) in [5.74, 6) is 0.212. The molecule has 112 valence electrons. The van der Waals surface area contributed by atoms with Crippen LogP contribution in [0.5, 0.6) is 0 Å². The average molecular weight is 279 g/mol. The summed E-state index contributed by atoms with van der Waals surface area (Å²) < 4.78 is 0. The second-order valence-corrected chi connectivity index (χ2v) is 5.18. The topological polar surface area (TPSA) is 65.5 Å². The third-order valence-corrected chi connectivity index (χ3v) is 3.27. The molecule has 1 heterocycles. The van der Waals surface area contributed by atoms with Gasteiger partial charge in [-0.25, -0.2) is 4.79 Å². The number of hydrogen-bond acceptors (Lipinski definition) is 3. The maximum absolute atomic E-state index is 11.9. The van der Waals surface area contributed by atoms with Crippen LogP contribution in [-0.2, 0) is 13.0 Å². The highest BCUT2D eigenvalue weighted by atomic mass is 16.3. The third kappa shape index (κ3) is 5.57. The smallest absolute Gasteiger partial charge is 0.317 e. The Morgan fingerprint density at radius 3 is 2.80 bits per heavy atom. The summed E-state index contributed by atoms with van der Waals surface area (Å²) >= 11 is 0. The van der Waals surface area contributed by atoms with E-state index in [1.165, 1.54) is 5.56 Å². The minimum absolute atomic E-state index is 0.114. The molecule has 0 aliphatic heterocycles. The van der Waals surface area contributed by atoms with Gasteiger partial charge in [-0.2, -0.15) is 0 Å². The first-order chi connectivity index (χ1) is 9.56. The molecule has 5 heteroatoms. The molecule has 0 aliphatic rings. The Morgan fingerprint density at radius 1 is 1.50 bits per heavy atom. The van der Waals surface area contributed by atoms with Gasteiger partial charge in [0, 0.05) is 26.4 Å². The van der Waals surface area contributed by atoms with Gasteiger partial charge in [0.1, 0.15) is 0 Å². The standard InChI is InChI=1S/C15H25N3O2/c1-4-13-5-6-14(17-9-13)10-18(3)15(20)16-8-7-12(2)11-19/h5-6,9,12,19H,4,7-8,10-11H2,1-3H3,(H,16,20)/t12-/m1/s1. The number of nitrogens with one attached hydrogen (secondary N) is 1. The van der Waals surface area contributed by atoms with Crippen molar-refractivity contribution >= 4 is 6.03 Å². The lowest BCUT2D eigenvalue weighted by Crippen LogP contribution is -2.37. The van der Waals surface area contributed by atoms with Crippen LogP contribution in [0.2, 0.25) is 0 Å². The first-order valence-electron chi connectivity index (χ1n) is 7.10. The van der Waals surface area contributed by atoms with E-state index in [0.29, 0.717) is 13.1 Å². The molecule has 0 spiro atoms. The number of carbonyl (C=O) groups excluding carboxylic acids is 1. The van der Waals surface area contributed by atoms with E-state index in [4.69, 9.17) is 5.11 Å². The molecule has 1 rings (SSSR count). The van der Waals surface area contributed by atoms with Gasteiger partial charge in [0.15, 0.2) is 0 Å². The van der Waals surface area contributed by atoms with Gasteiger partial charge in [-0.05, 0) is 30.4 Å². The lowest BCUT2D eigenvalue weighted by atomic mass is 10.1. The molecule has 0 saturated heterocycles. The van der Waals surface area contributed by atoms with E-state index in [1.54, 1.807) is 11.9 Å². The Bertz CT molecular complexity index is 406. The molecule has 5 nitrogen and oxygen atoms in total. The van der Waals surface area contributed by atoms with Crippen molar-refractivity contribution in [1.82, 2.24) is 15.2 Å². The first kappa shape index (κ1) is 16.4. The van der Waals surface area contributed by atoms with E-state index in [9.17, 15) is 4.79 Å². The lowest BCUT2D eigenvalue weighted by molar-refractivity contribution is 0.201. The van der Waals surface area contributed by atoms with Crippen LogP contribution in [0.4, 0.5) is 4.79 Å². The van der Waals surface area contributed by atoms with Crippen molar-refractivity contribution in [3.63, 3.8) is 0 Å². The van der Waals surface area contributed by atoms with Crippen LogP contribution in [0.3, 0.4) is 0 Å². The maximum Gasteiger partial charge on any atom is 0.317 e. The fourth-order valence-corrected chi connectivity index (χ4v) is 1.72. The fourth-order valence-electron chi connectivity index (χ4n) is 1.72. The van der Waals surface area contributed by atoms with Gasteiger partial charge in [-0.15, -0.1) is 0 Å². The molecule has 2 amide bonds. The van der Waals surface area contributed by atoms with Crippen LogP contribution in [0.25, 0.3) is 0 Å². The van der Waals surface area contributed by atoms with Crippen molar-refractivity contribution in [2.75, 3.05) is 20.2 Å². The molecule has 20 heavy (non-hydrogen) atoms. The summed E-state index contributed by atoms with van der Waals surface area (Å²) in [5, 5.41) is 11.8. The number of carbonyl (C=O) groups is 1. The van der Waals surface area contributed by atoms with Crippen LogP contribution < -0.4 is 5.32 Å². The van der Waals surface area contributed by atoms with Crippen LogP contribution >= 0.6 is 0 Å². The summed E-state index contributed by atoms with van der Waals surface area (Å²) in [6.07, 6.45) is 3.59. The molecular formula is C15H25N3O2. The van der Waals surface area contributed by atoms with Gasteiger partial charge in [-0.1, -0.05) is 19.9 Å². The Labute approximate surface area is 121 Å². The minimum atomic E-state index is -0.114. The Morgan fingerprint density at radius 2 is 2.25 bits per heavy atom. The quantitative estimate of drug-likeness (QED) is 0.800. The Kier molecular flexibility index (Phi) is 7.01. The minimum Gasteiger partial charge on any atom is -0.396 e. The van der Waals surface area contributed by atoms with Crippen LogP contribution in [0.15, 0.2) is 18.3 Å². The summed E-state index contributed by atoms with van der Waals surface area (Å²) in [6, 6.07) is 3.88. The van der Waals surface area contributed by atoms with Gasteiger partial charge in [-0.3, -0.25) is 4.98 Å². The predicted molar refractivity (Wildman–Crippen MR) is 79.3 cm³/mol. The average Bonchev–Trinajstić information content (AvgIpc) is 2.47. The van der Waals surface area contributed by atoms with Gasteiger partial charge in [0.05, 0.1) is 12.2 Å². The molecular weight excluding hydrogens is 254 g/mol. The van der Waals surface area contributed by atoms with E-state index in [2.05, 4.69) is 17.2 Å². The molecule has 0 aromatic carbocycles. The molecule has 0 fully saturated rings. The first-order valence-corrected chi connectivity index (χ1v) is 7.10. The van der Waals surface area contributed by atoms with Crippen molar-refractivity contribution in [2.45, 2.75) is 33.2 Å². The number of nitrogens with zero attached hydrogens (tertiary/aromatic N) is 2.